The predicted octanol–water partition coefficient (Wildman–Crippen LogP) is 3.29. The fraction of sp³-hybridized carbons (Fsp3) is 0.647. The van der Waals surface area contributed by atoms with Crippen molar-refractivity contribution in [3.8, 4) is 0 Å². The van der Waals surface area contributed by atoms with Gasteiger partial charge in [0.05, 0.1) is 0 Å². The second kappa shape index (κ2) is 6.14. The normalized spacial score (nSPS) is 17.9. The fourth-order valence-electron chi connectivity index (χ4n) is 3.43. The first-order chi connectivity index (χ1) is 10.2. The van der Waals surface area contributed by atoms with E-state index in [9.17, 15) is 0 Å². The molecule has 0 amide bonds. The summed E-state index contributed by atoms with van der Waals surface area (Å²) in [5.74, 6) is 1.98. The third-order valence-corrected chi connectivity index (χ3v) is 4.66. The van der Waals surface area contributed by atoms with Crippen LogP contribution in [0.5, 0.6) is 0 Å². The lowest BCUT2D eigenvalue weighted by molar-refractivity contribution is 0.190. The fourth-order valence-corrected chi connectivity index (χ4v) is 3.43. The lowest BCUT2D eigenvalue weighted by Gasteiger charge is -2.31. The highest BCUT2D eigenvalue weighted by Crippen LogP contribution is 2.25. The second-order valence-electron chi connectivity index (χ2n) is 6.42. The lowest BCUT2D eigenvalue weighted by Crippen LogP contribution is -2.34. The van der Waals surface area contributed by atoms with Gasteiger partial charge in [-0.2, -0.15) is 0 Å². The molecule has 21 heavy (non-hydrogen) atoms. The van der Waals surface area contributed by atoms with E-state index >= 15 is 0 Å². The van der Waals surface area contributed by atoms with Gasteiger partial charge in [-0.05, 0) is 64.4 Å². The Kier molecular flexibility index (Phi) is 4.24. The van der Waals surface area contributed by atoms with E-state index in [2.05, 4.69) is 41.3 Å². The smallest absolute Gasteiger partial charge is 0.160 e. The van der Waals surface area contributed by atoms with E-state index < -0.39 is 0 Å². The summed E-state index contributed by atoms with van der Waals surface area (Å²) in [7, 11) is 0. The Bertz CT molecular complexity index is 594. The van der Waals surface area contributed by atoms with Crippen molar-refractivity contribution in [1.82, 2.24) is 19.4 Å². The maximum atomic E-state index is 4.85. The number of rotatable bonds is 4. The molecule has 0 bridgehead atoms. The number of aromatic nitrogens is 3. The summed E-state index contributed by atoms with van der Waals surface area (Å²) in [5.41, 5.74) is 2.07. The van der Waals surface area contributed by atoms with E-state index in [1.54, 1.807) is 0 Å². The third kappa shape index (κ3) is 2.95. The van der Waals surface area contributed by atoms with Crippen molar-refractivity contribution in [2.24, 2.45) is 5.92 Å². The average molecular weight is 286 g/mol. The van der Waals surface area contributed by atoms with Crippen LogP contribution in [-0.4, -0.2) is 39.1 Å². The Morgan fingerprint density at radius 3 is 2.71 bits per heavy atom. The molecule has 0 aromatic carbocycles. The van der Waals surface area contributed by atoms with E-state index in [1.165, 1.54) is 38.3 Å². The van der Waals surface area contributed by atoms with E-state index in [1.807, 2.05) is 12.3 Å². The number of hydrogen-bond donors (Lipinski definition) is 0. The van der Waals surface area contributed by atoms with Crippen LogP contribution in [-0.2, 0) is 6.42 Å². The molecule has 2 aromatic rings. The number of imidazole rings is 1. The van der Waals surface area contributed by atoms with Crippen LogP contribution in [0, 0.1) is 5.92 Å². The Hall–Kier alpha value is -1.42. The quantitative estimate of drug-likeness (QED) is 0.865. The SMILES string of the molecule is CCN1CCC(Cc2nc3cccnc3n2C(C)C)CC1. The first-order valence-electron chi connectivity index (χ1n) is 8.23. The summed E-state index contributed by atoms with van der Waals surface area (Å²) >= 11 is 0. The van der Waals surface area contributed by atoms with Crippen LogP contribution in [0.4, 0.5) is 0 Å². The molecule has 0 aliphatic carbocycles. The molecule has 0 N–H and O–H groups in total. The van der Waals surface area contributed by atoms with Crippen LogP contribution in [0.2, 0.25) is 0 Å². The summed E-state index contributed by atoms with van der Waals surface area (Å²) in [5, 5.41) is 0. The summed E-state index contributed by atoms with van der Waals surface area (Å²) in [4.78, 5) is 11.9. The summed E-state index contributed by atoms with van der Waals surface area (Å²) in [6.45, 7) is 10.4. The van der Waals surface area contributed by atoms with E-state index in [4.69, 9.17) is 4.98 Å². The van der Waals surface area contributed by atoms with Crippen LogP contribution in [0.25, 0.3) is 11.2 Å². The summed E-state index contributed by atoms with van der Waals surface area (Å²) in [6.07, 6.45) is 5.55. The maximum absolute atomic E-state index is 4.85. The highest BCUT2D eigenvalue weighted by Gasteiger charge is 2.22. The Morgan fingerprint density at radius 2 is 2.05 bits per heavy atom. The minimum Gasteiger partial charge on any atom is -0.310 e. The van der Waals surface area contributed by atoms with E-state index in [-0.39, 0.29) is 0 Å². The zero-order valence-electron chi connectivity index (χ0n) is 13.4. The van der Waals surface area contributed by atoms with Crippen LogP contribution in [0.15, 0.2) is 18.3 Å². The molecule has 3 heterocycles. The monoisotopic (exact) mass is 286 g/mol. The predicted molar refractivity (Wildman–Crippen MR) is 86.5 cm³/mol. The summed E-state index contributed by atoms with van der Waals surface area (Å²) < 4.78 is 2.32. The molecule has 0 unspecified atom stereocenters. The molecule has 0 atom stereocenters. The third-order valence-electron chi connectivity index (χ3n) is 4.66. The van der Waals surface area contributed by atoms with E-state index in [0.717, 1.165) is 23.5 Å². The molecular formula is C17H26N4. The van der Waals surface area contributed by atoms with Crippen LogP contribution in [0.3, 0.4) is 0 Å². The highest BCUT2D eigenvalue weighted by molar-refractivity contribution is 5.71. The van der Waals surface area contributed by atoms with Gasteiger partial charge < -0.3 is 9.47 Å². The Labute approximate surface area is 127 Å². The van der Waals surface area contributed by atoms with Crippen molar-refractivity contribution >= 4 is 11.2 Å². The summed E-state index contributed by atoms with van der Waals surface area (Å²) in [6, 6.07) is 4.46. The number of fused-ring (bicyclic) bond motifs is 1. The molecule has 1 fully saturated rings. The molecule has 0 radical (unpaired) electrons. The number of pyridine rings is 1. The number of nitrogens with zero attached hydrogens (tertiary/aromatic N) is 4. The topological polar surface area (TPSA) is 34.0 Å². The van der Waals surface area contributed by atoms with Gasteiger partial charge in [0.2, 0.25) is 0 Å². The second-order valence-corrected chi connectivity index (χ2v) is 6.42. The van der Waals surface area contributed by atoms with Gasteiger partial charge in [0.1, 0.15) is 11.3 Å². The largest absolute Gasteiger partial charge is 0.310 e. The molecular weight excluding hydrogens is 260 g/mol. The minimum atomic E-state index is 0.413. The van der Waals surface area contributed by atoms with Crippen molar-refractivity contribution in [1.29, 1.82) is 0 Å². The molecule has 1 saturated heterocycles. The van der Waals surface area contributed by atoms with E-state index in [0.29, 0.717) is 6.04 Å². The Morgan fingerprint density at radius 1 is 1.29 bits per heavy atom. The molecule has 0 spiro atoms. The number of likely N-dealkylation sites (tertiary alicyclic amines) is 1. The molecule has 114 valence electrons. The standard InChI is InChI=1S/C17H26N4/c1-4-20-10-7-14(8-11-20)12-16-19-15-6-5-9-18-17(15)21(16)13(2)3/h5-6,9,13-14H,4,7-8,10-12H2,1-3H3. The zero-order chi connectivity index (χ0) is 14.8. The average Bonchev–Trinajstić information content (AvgIpc) is 2.86. The maximum Gasteiger partial charge on any atom is 0.160 e. The van der Waals surface area contributed by atoms with Crippen molar-refractivity contribution in [2.45, 2.75) is 46.1 Å². The van der Waals surface area contributed by atoms with Crippen LogP contribution < -0.4 is 0 Å². The van der Waals surface area contributed by atoms with Crippen molar-refractivity contribution in [3.05, 3.63) is 24.2 Å². The Balaban J connectivity index is 1.82. The van der Waals surface area contributed by atoms with Gasteiger partial charge in [0.15, 0.2) is 5.65 Å². The minimum absolute atomic E-state index is 0.413. The molecule has 3 rings (SSSR count). The van der Waals surface area contributed by atoms with Gasteiger partial charge in [-0.15, -0.1) is 0 Å². The zero-order valence-corrected chi connectivity index (χ0v) is 13.4. The molecule has 1 aliphatic rings. The number of piperidine rings is 1. The number of hydrogen-bond acceptors (Lipinski definition) is 3. The van der Waals surface area contributed by atoms with Crippen molar-refractivity contribution in [3.63, 3.8) is 0 Å². The molecule has 4 heteroatoms. The lowest BCUT2D eigenvalue weighted by atomic mass is 9.93. The van der Waals surface area contributed by atoms with Gasteiger partial charge in [0, 0.05) is 18.7 Å². The van der Waals surface area contributed by atoms with Crippen molar-refractivity contribution < 1.29 is 0 Å². The van der Waals surface area contributed by atoms with Gasteiger partial charge in [-0.1, -0.05) is 6.92 Å². The molecule has 1 aliphatic heterocycles. The van der Waals surface area contributed by atoms with Crippen LogP contribution in [0.1, 0.15) is 45.5 Å². The van der Waals surface area contributed by atoms with Gasteiger partial charge >= 0.3 is 0 Å². The first kappa shape index (κ1) is 14.5. The molecule has 4 nitrogen and oxygen atoms in total. The molecule has 2 aromatic heterocycles. The van der Waals surface area contributed by atoms with Gasteiger partial charge in [-0.25, -0.2) is 9.97 Å². The molecule has 0 saturated carbocycles. The van der Waals surface area contributed by atoms with Crippen molar-refractivity contribution in [2.75, 3.05) is 19.6 Å². The highest BCUT2D eigenvalue weighted by atomic mass is 15.1. The first-order valence-corrected chi connectivity index (χ1v) is 8.23. The van der Waals surface area contributed by atoms with Gasteiger partial charge in [-0.3, -0.25) is 0 Å². The van der Waals surface area contributed by atoms with Gasteiger partial charge in [0.25, 0.3) is 0 Å². The van der Waals surface area contributed by atoms with Crippen LogP contribution >= 0.6 is 0 Å².